The molecule has 31 heavy (non-hydrogen) atoms. The smallest absolute Gasteiger partial charge is 0.229 e. The molecule has 2 aliphatic heterocycles. The Kier molecular flexibility index (Phi) is 3.28. The van der Waals surface area contributed by atoms with Crippen LogP contribution in [0.1, 0.15) is 31.2 Å². The summed E-state index contributed by atoms with van der Waals surface area (Å²) in [7, 11) is 3.86. The number of rotatable bonds is 1. The van der Waals surface area contributed by atoms with Crippen LogP contribution in [-0.2, 0) is 5.41 Å². The number of anilines is 1. The molecule has 0 N–H and O–H groups in total. The van der Waals surface area contributed by atoms with Gasteiger partial charge in [-0.25, -0.2) is 0 Å². The van der Waals surface area contributed by atoms with E-state index in [0.29, 0.717) is 5.92 Å². The summed E-state index contributed by atoms with van der Waals surface area (Å²) in [5.41, 5.74) is 2.81. The SMILES string of the molecule is COc1cc2c(c3cnccc13)OC1(C=N2)N(C)c2ccccc2C12CC1CCC2C1. The zero-order chi connectivity index (χ0) is 20.8. The highest BCUT2D eigenvalue weighted by Crippen LogP contribution is 2.68. The van der Waals surface area contributed by atoms with Crippen molar-refractivity contribution >= 4 is 28.4 Å². The van der Waals surface area contributed by atoms with Crippen molar-refractivity contribution in [3.8, 4) is 11.5 Å². The first-order chi connectivity index (χ1) is 15.2. The van der Waals surface area contributed by atoms with Crippen LogP contribution in [0, 0.1) is 11.8 Å². The second-order valence-corrected chi connectivity index (χ2v) is 9.53. The summed E-state index contributed by atoms with van der Waals surface area (Å²) < 4.78 is 12.8. The molecular formula is C26H25N3O2. The van der Waals surface area contributed by atoms with Gasteiger partial charge in [0.2, 0.25) is 5.72 Å². The minimum absolute atomic E-state index is 0.0725. The molecule has 4 aliphatic rings. The van der Waals surface area contributed by atoms with Gasteiger partial charge < -0.3 is 14.4 Å². The first-order valence-corrected chi connectivity index (χ1v) is 11.2. The van der Waals surface area contributed by atoms with Crippen LogP contribution in [0.25, 0.3) is 10.8 Å². The van der Waals surface area contributed by atoms with Gasteiger partial charge in [-0.2, -0.15) is 0 Å². The highest BCUT2D eigenvalue weighted by molar-refractivity contribution is 6.00. The Morgan fingerprint density at radius 3 is 2.87 bits per heavy atom. The molecule has 4 unspecified atom stereocenters. The zero-order valence-electron chi connectivity index (χ0n) is 17.8. The van der Waals surface area contributed by atoms with Crippen LogP contribution in [0.4, 0.5) is 11.4 Å². The van der Waals surface area contributed by atoms with Crippen LogP contribution in [0.2, 0.25) is 0 Å². The Morgan fingerprint density at radius 1 is 1.16 bits per heavy atom. The fraction of sp³-hybridized carbons (Fsp3) is 0.385. The number of likely N-dealkylation sites (N-methyl/N-ethyl adjacent to an activating group) is 1. The van der Waals surface area contributed by atoms with Crippen LogP contribution >= 0.6 is 0 Å². The number of ether oxygens (including phenoxy) is 2. The van der Waals surface area contributed by atoms with Crippen molar-refractivity contribution in [1.82, 2.24) is 4.98 Å². The second kappa shape index (κ2) is 5.78. The quantitative estimate of drug-likeness (QED) is 0.549. The molecule has 5 nitrogen and oxygen atoms in total. The summed E-state index contributed by atoms with van der Waals surface area (Å²) in [5.74, 6) is 2.99. The number of para-hydroxylation sites is 1. The molecule has 2 saturated carbocycles. The third-order valence-electron chi connectivity index (χ3n) is 8.42. The van der Waals surface area contributed by atoms with Gasteiger partial charge in [-0.1, -0.05) is 24.6 Å². The van der Waals surface area contributed by atoms with E-state index in [1.54, 1.807) is 13.3 Å². The van der Waals surface area contributed by atoms with E-state index < -0.39 is 5.72 Å². The standard InChI is InChI=1S/C26H25N3O2/c1-29-22-6-4-3-5-20(22)25(13-16-7-8-17(25)11-16)26(29)15-28-21-12-23(30-2)18-9-10-27-14-19(18)24(21)31-26/h3-6,9-10,12,14-17H,7-8,11,13H2,1-2H3. The van der Waals surface area contributed by atoms with Gasteiger partial charge in [0.25, 0.3) is 0 Å². The zero-order valence-corrected chi connectivity index (χ0v) is 17.8. The lowest BCUT2D eigenvalue weighted by Gasteiger charge is -2.50. The molecule has 0 amide bonds. The van der Waals surface area contributed by atoms with E-state index in [1.165, 1.54) is 30.5 Å². The number of methoxy groups -OCH3 is 1. The number of nitrogens with zero attached hydrogens (tertiary/aromatic N) is 3. The maximum Gasteiger partial charge on any atom is 0.229 e. The molecule has 156 valence electrons. The fourth-order valence-electron chi connectivity index (χ4n) is 7.18. The molecule has 1 aromatic heterocycles. The van der Waals surface area contributed by atoms with E-state index in [4.69, 9.17) is 14.5 Å². The van der Waals surface area contributed by atoms with Gasteiger partial charge >= 0.3 is 0 Å². The molecule has 2 spiro atoms. The normalized spacial score (nSPS) is 32.0. The Bertz CT molecular complexity index is 1270. The van der Waals surface area contributed by atoms with Crippen LogP contribution in [0.5, 0.6) is 11.5 Å². The van der Waals surface area contributed by atoms with Gasteiger partial charge in [0.1, 0.15) is 11.4 Å². The Hall–Kier alpha value is -3.08. The van der Waals surface area contributed by atoms with Crippen molar-refractivity contribution in [2.24, 2.45) is 16.8 Å². The van der Waals surface area contributed by atoms with Crippen LogP contribution in [0.15, 0.2) is 53.8 Å². The lowest BCUT2D eigenvalue weighted by molar-refractivity contribution is 0.0302. The predicted molar refractivity (Wildman–Crippen MR) is 122 cm³/mol. The van der Waals surface area contributed by atoms with Gasteiger partial charge in [0, 0.05) is 42.0 Å². The van der Waals surface area contributed by atoms with E-state index in [1.807, 2.05) is 18.3 Å². The molecule has 3 aromatic rings. The average Bonchev–Trinajstić information content (AvgIpc) is 3.49. The summed E-state index contributed by atoms with van der Waals surface area (Å²) in [6, 6.07) is 12.8. The lowest BCUT2D eigenvalue weighted by Crippen LogP contribution is -2.64. The molecule has 0 saturated heterocycles. The van der Waals surface area contributed by atoms with Crippen molar-refractivity contribution in [1.29, 1.82) is 0 Å². The maximum atomic E-state index is 7.16. The van der Waals surface area contributed by atoms with Crippen molar-refractivity contribution in [2.45, 2.75) is 36.8 Å². The van der Waals surface area contributed by atoms with Crippen molar-refractivity contribution in [3.05, 3.63) is 54.4 Å². The van der Waals surface area contributed by atoms with Gasteiger partial charge in [-0.15, -0.1) is 0 Å². The topological polar surface area (TPSA) is 47.0 Å². The second-order valence-electron chi connectivity index (χ2n) is 9.53. The molecule has 7 rings (SSSR count). The molecule has 5 heteroatoms. The Balaban J connectivity index is 1.50. The van der Waals surface area contributed by atoms with Crippen molar-refractivity contribution in [3.63, 3.8) is 0 Å². The maximum absolute atomic E-state index is 7.16. The van der Waals surface area contributed by atoms with Gasteiger partial charge in [0.15, 0.2) is 5.75 Å². The molecule has 2 aromatic carbocycles. The summed E-state index contributed by atoms with van der Waals surface area (Å²) in [5, 5.41) is 1.96. The predicted octanol–water partition coefficient (Wildman–Crippen LogP) is 5.24. The monoisotopic (exact) mass is 411 g/mol. The summed E-state index contributed by atoms with van der Waals surface area (Å²) in [6.45, 7) is 0. The minimum atomic E-state index is -0.624. The van der Waals surface area contributed by atoms with Crippen LogP contribution < -0.4 is 14.4 Å². The molecule has 0 radical (unpaired) electrons. The van der Waals surface area contributed by atoms with Gasteiger partial charge in [-0.05, 0) is 48.8 Å². The third-order valence-corrected chi connectivity index (χ3v) is 8.42. The van der Waals surface area contributed by atoms with Crippen LogP contribution in [-0.4, -0.2) is 31.1 Å². The number of aliphatic imine (C=N–C) groups is 1. The number of aromatic nitrogens is 1. The van der Waals surface area contributed by atoms with E-state index in [2.05, 4.69) is 47.4 Å². The lowest BCUT2D eigenvalue weighted by atomic mass is 9.63. The molecule has 2 bridgehead atoms. The van der Waals surface area contributed by atoms with Crippen molar-refractivity contribution < 1.29 is 9.47 Å². The highest BCUT2D eigenvalue weighted by atomic mass is 16.5. The summed E-state index contributed by atoms with van der Waals surface area (Å²) in [4.78, 5) is 11.8. The van der Waals surface area contributed by atoms with Gasteiger partial charge in [-0.3, -0.25) is 9.98 Å². The third kappa shape index (κ3) is 1.94. The van der Waals surface area contributed by atoms with Gasteiger partial charge in [0.05, 0.1) is 18.7 Å². The average molecular weight is 412 g/mol. The van der Waals surface area contributed by atoms with E-state index >= 15 is 0 Å². The van der Waals surface area contributed by atoms with E-state index in [0.717, 1.165) is 40.3 Å². The number of fused-ring (bicyclic) bond motifs is 9. The summed E-state index contributed by atoms with van der Waals surface area (Å²) in [6.07, 6.45) is 10.8. The number of hydrogen-bond donors (Lipinski definition) is 0. The minimum Gasteiger partial charge on any atom is -0.496 e. The van der Waals surface area contributed by atoms with Crippen LogP contribution in [0.3, 0.4) is 0 Å². The number of hydrogen-bond acceptors (Lipinski definition) is 5. The molecule has 2 aliphatic carbocycles. The van der Waals surface area contributed by atoms with E-state index in [-0.39, 0.29) is 5.41 Å². The van der Waals surface area contributed by atoms with E-state index in [9.17, 15) is 0 Å². The molecular weight excluding hydrogens is 386 g/mol. The molecule has 4 atom stereocenters. The fourth-order valence-corrected chi connectivity index (χ4v) is 7.18. The Labute approximate surface area is 181 Å². The number of benzene rings is 2. The molecule has 3 heterocycles. The largest absolute Gasteiger partial charge is 0.496 e. The Morgan fingerprint density at radius 2 is 2.06 bits per heavy atom. The first-order valence-electron chi connectivity index (χ1n) is 11.2. The summed E-state index contributed by atoms with van der Waals surface area (Å²) >= 11 is 0. The highest BCUT2D eigenvalue weighted by Gasteiger charge is 2.70. The van der Waals surface area contributed by atoms with Crippen molar-refractivity contribution in [2.75, 3.05) is 19.1 Å². The first kappa shape index (κ1) is 17.6. The molecule has 2 fully saturated rings. The number of pyridine rings is 1.